The fourth-order valence-corrected chi connectivity index (χ4v) is 2.76. The molecule has 0 bridgehead atoms. The van der Waals surface area contributed by atoms with Crippen molar-refractivity contribution in [1.29, 1.82) is 0 Å². The summed E-state index contributed by atoms with van der Waals surface area (Å²) in [6, 6.07) is 6.58. The molecule has 5 heteroatoms. The molecule has 0 spiro atoms. The summed E-state index contributed by atoms with van der Waals surface area (Å²) in [5.41, 5.74) is 8.71. The Balaban J connectivity index is 2.56. The first-order chi connectivity index (χ1) is 9.85. The molecule has 0 atom stereocenters. The summed E-state index contributed by atoms with van der Waals surface area (Å²) < 4.78 is 5.30. The fraction of sp³-hybridized carbons (Fsp3) is 0.188. The minimum absolute atomic E-state index is 0.210. The van der Waals surface area contributed by atoms with Gasteiger partial charge in [-0.15, -0.1) is 0 Å². The summed E-state index contributed by atoms with van der Waals surface area (Å²) >= 11 is 12.1. The molecule has 0 aliphatic rings. The van der Waals surface area contributed by atoms with Crippen molar-refractivity contribution in [3.8, 4) is 5.75 Å². The first-order valence-corrected chi connectivity index (χ1v) is 7.05. The number of nitrogen functional groups attached to an aromatic ring is 1. The fourth-order valence-electron chi connectivity index (χ4n) is 2.33. The molecular formula is C16H15Cl2NO2. The number of hydrogen-bond acceptors (Lipinski definition) is 3. The van der Waals surface area contributed by atoms with Crippen LogP contribution in [0.25, 0.3) is 0 Å². The van der Waals surface area contributed by atoms with E-state index in [9.17, 15) is 4.79 Å². The first-order valence-electron chi connectivity index (χ1n) is 6.29. The van der Waals surface area contributed by atoms with Crippen LogP contribution in [-0.4, -0.2) is 12.9 Å². The number of ether oxygens (including phenoxy) is 1. The molecular weight excluding hydrogens is 309 g/mol. The second-order valence-corrected chi connectivity index (χ2v) is 5.62. The zero-order chi connectivity index (χ0) is 15.7. The zero-order valence-corrected chi connectivity index (χ0v) is 13.5. The van der Waals surface area contributed by atoms with Crippen LogP contribution in [-0.2, 0) is 0 Å². The van der Waals surface area contributed by atoms with Crippen LogP contribution in [0.4, 0.5) is 5.69 Å². The molecule has 0 radical (unpaired) electrons. The molecule has 0 heterocycles. The van der Waals surface area contributed by atoms with E-state index in [2.05, 4.69) is 0 Å². The maximum atomic E-state index is 12.6. The van der Waals surface area contributed by atoms with Gasteiger partial charge in [0.05, 0.1) is 17.2 Å². The maximum absolute atomic E-state index is 12.6. The van der Waals surface area contributed by atoms with Gasteiger partial charge < -0.3 is 10.5 Å². The van der Waals surface area contributed by atoms with Gasteiger partial charge in [0.1, 0.15) is 5.75 Å². The van der Waals surface area contributed by atoms with Gasteiger partial charge in [-0.2, -0.15) is 0 Å². The SMILES string of the molecule is COc1c(C)cc(C(=O)c2cc(N)cc(Cl)c2Cl)cc1C. The molecule has 2 N–H and O–H groups in total. The van der Waals surface area contributed by atoms with E-state index in [4.69, 9.17) is 33.7 Å². The van der Waals surface area contributed by atoms with Crippen molar-refractivity contribution in [2.24, 2.45) is 0 Å². The van der Waals surface area contributed by atoms with E-state index >= 15 is 0 Å². The van der Waals surface area contributed by atoms with Crippen LogP contribution < -0.4 is 10.5 Å². The van der Waals surface area contributed by atoms with Gasteiger partial charge in [-0.25, -0.2) is 0 Å². The highest BCUT2D eigenvalue weighted by molar-refractivity contribution is 6.44. The number of carbonyl (C=O) groups is 1. The van der Waals surface area contributed by atoms with E-state index in [1.165, 1.54) is 12.1 Å². The van der Waals surface area contributed by atoms with Crippen molar-refractivity contribution in [1.82, 2.24) is 0 Å². The van der Waals surface area contributed by atoms with E-state index in [-0.39, 0.29) is 15.8 Å². The molecule has 0 saturated carbocycles. The van der Waals surface area contributed by atoms with Crippen molar-refractivity contribution in [3.05, 3.63) is 56.6 Å². The lowest BCUT2D eigenvalue weighted by Crippen LogP contribution is -2.05. The van der Waals surface area contributed by atoms with Crippen LogP contribution >= 0.6 is 23.2 Å². The lowest BCUT2D eigenvalue weighted by atomic mass is 9.98. The quantitative estimate of drug-likeness (QED) is 0.671. The molecule has 110 valence electrons. The molecule has 0 aromatic heterocycles. The Kier molecular flexibility index (Phi) is 4.45. The van der Waals surface area contributed by atoms with Crippen molar-refractivity contribution in [2.75, 3.05) is 12.8 Å². The molecule has 21 heavy (non-hydrogen) atoms. The van der Waals surface area contributed by atoms with E-state index in [1.807, 2.05) is 13.8 Å². The largest absolute Gasteiger partial charge is 0.496 e. The van der Waals surface area contributed by atoms with E-state index < -0.39 is 0 Å². The Morgan fingerprint density at radius 2 is 1.67 bits per heavy atom. The molecule has 0 amide bonds. The number of nitrogens with two attached hydrogens (primary N) is 1. The third-order valence-electron chi connectivity index (χ3n) is 3.22. The average Bonchev–Trinajstić information content (AvgIpc) is 2.41. The summed E-state index contributed by atoms with van der Waals surface area (Å²) in [5.74, 6) is 0.548. The molecule has 3 nitrogen and oxygen atoms in total. The van der Waals surface area contributed by atoms with Crippen molar-refractivity contribution >= 4 is 34.7 Å². The Bertz CT molecular complexity index is 703. The van der Waals surface area contributed by atoms with Crippen LogP contribution in [0.15, 0.2) is 24.3 Å². The number of halogens is 2. The van der Waals surface area contributed by atoms with Gasteiger partial charge in [0.15, 0.2) is 5.78 Å². The van der Waals surface area contributed by atoms with E-state index in [0.717, 1.165) is 16.9 Å². The number of carbonyl (C=O) groups excluding carboxylic acids is 1. The molecule has 0 fully saturated rings. The van der Waals surface area contributed by atoms with Crippen molar-refractivity contribution in [3.63, 3.8) is 0 Å². The topological polar surface area (TPSA) is 52.3 Å². The third kappa shape index (κ3) is 2.99. The number of rotatable bonds is 3. The lowest BCUT2D eigenvalue weighted by molar-refractivity contribution is 0.103. The molecule has 0 saturated heterocycles. The first kappa shape index (κ1) is 15.7. The molecule has 2 aromatic rings. The molecule has 0 aliphatic carbocycles. The van der Waals surface area contributed by atoms with Gasteiger partial charge in [-0.1, -0.05) is 23.2 Å². The maximum Gasteiger partial charge on any atom is 0.194 e. The van der Waals surface area contributed by atoms with Crippen LogP contribution in [0.5, 0.6) is 5.75 Å². The Morgan fingerprint density at radius 3 is 2.19 bits per heavy atom. The monoisotopic (exact) mass is 323 g/mol. The number of benzene rings is 2. The molecule has 0 aliphatic heterocycles. The number of methoxy groups -OCH3 is 1. The smallest absolute Gasteiger partial charge is 0.194 e. The number of anilines is 1. The van der Waals surface area contributed by atoms with Crippen molar-refractivity contribution < 1.29 is 9.53 Å². The van der Waals surface area contributed by atoms with Crippen molar-refractivity contribution in [2.45, 2.75) is 13.8 Å². The predicted octanol–water partition coefficient (Wildman–Crippen LogP) is 4.43. The number of aryl methyl sites for hydroxylation is 2. The Labute approximate surface area is 133 Å². The second kappa shape index (κ2) is 5.96. The Hall–Kier alpha value is -1.71. The molecule has 2 rings (SSSR count). The van der Waals surface area contributed by atoms with Gasteiger partial charge in [0, 0.05) is 16.8 Å². The van der Waals surface area contributed by atoms with E-state index in [1.54, 1.807) is 19.2 Å². The highest BCUT2D eigenvalue weighted by atomic mass is 35.5. The summed E-state index contributed by atoms with van der Waals surface area (Å²) in [5, 5.41) is 0.476. The number of ketones is 1. The highest BCUT2D eigenvalue weighted by Crippen LogP contribution is 2.32. The molecule has 2 aromatic carbocycles. The summed E-state index contributed by atoms with van der Waals surface area (Å²) in [6.07, 6.45) is 0. The van der Waals surface area contributed by atoms with Crippen LogP contribution in [0.2, 0.25) is 10.0 Å². The summed E-state index contributed by atoms with van der Waals surface area (Å²) in [4.78, 5) is 12.6. The second-order valence-electron chi connectivity index (χ2n) is 4.84. The summed E-state index contributed by atoms with van der Waals surface area (Å²) in [7, 11) is 1.60. The summed E-state index contributed by atoms with van der Waals surface area (Å²) in [6.45, 7) is 3.77. The van der Waals surface area contributed by atoms with Crippen LogP contribution in [0.3, 0.4) is 0 Å². The van der Waals surface area contributed by atoms with Gasteiger partial charge in [0.25, 0.3) is 0 Å². The van der Waals surface area contributed by atoms with Gasteiger partial charge in [0.2, 0.25) is 0 Å². The van der Waals surface area contributed by atoms with E-state index in [0.29, 0.717) is 16.8 Å². The minimum atomic E-state index is -0.219. The van der Waals surface area contributed by atoms with Crippen LogP contribution in [0, 0.1) is 13.8 Å². The normalized spacial score (nSPS) is 10.5. The van der Waals surface area contributed by atoms with Gasteiger partial charge >= 0.3 is 0 Å². The molecule has 0 unspecified atom stereocenters. The zero-order valence-electron chi connectivity index (χ0n) is 12.0. The highest BCUT2D eigenvalue weighted by Gasteiger charge is 2.18. The number of hydrogen-bond donors (Lipinski definition) is 1. The lowest BCUT2D eigenvalue weighted by Gasteiger charge is -2.12. The van der Waals surface area contributed by atoms with Gasteiger partial charge in [-0.05, 0) is 49.2 Å². The standard InChI is InChI=1S/C16H15Cl2NO2/c1-8-4-10(5-9(2)16(8)21-3)15(20)12-6-11(19)7-13(17)14(12)18/h4-7H,19H2,1-3H3. The van der Waals surface area contributed by atoms with Crippen LogP contribution in [0.1, 0.15) is 27.0 Å². The Morgan fingerprint density at radius 1 is 1.10 bits per heavy atom. The minimum Gasteiger partial charge on any atom is -0.496 e. The predicted molar refractivity (Wildman–Crippen MR) is 86.8 cm³/mol. The van der Waals surface area contributed by atoms with Gasteiger partial charge in [-0.3, -0.25) is 4.79 Å². The average molecular weight is 324 g/mol. The third-order valence-corrected chi connectivity index (χ3v) is 4.02.